The molecule has 0 unspecified atom stereocenters. The molecule has 0 bridgehead atoms. The van der Waals surface area contributed by atoms with Gasteiger partial charge >= 0.3 is 29.9 Å². The van der Waals surface area contributed by atoms with E-state index in [1.54, 1.807) is 23.9 Å². The lowest BCUT2D eigenvalue weighted by atomic mass is 9.93. The Bertz CT molecular complexity index is 1440. The number of fused-ring (bicyclic) bond motifs is 1. The van der Waals surface area contributed by atoms with Crippen molar-refractivity contribution >= 4 is 41.7 Å². The molecule has 1 aliphatic carbocycles. The van der Waals surface area contributed by atoms with Gasteiger partial charge in [0.2, 0.25) is 0 Å². The molecule has 0 aromatic heterocycles. The summed E-state index contributed by atoms with van der Waals surface area (Å²) in [7, 11) is 0. The van der Waals surface area contributed by atoms with Crippen molar-refractivity contribution in [2.45, 2.75) is 23.3 Å². The Balaban J connectivity index is 0.000000325. The number of carbonyl (C=O) groups is 5. The fourth-order valence-electron chi connectivity index (χ4n) is 5.69. The molecule has 48 heavy (non-hydrogen) atoms. The second-order valence-corrected chi connectivity index (χ2v) is 11.8. The van der Waals surface area contributed by atoms with E-state index in [1.165, 1.54) is 21.6 Å². The summed E-state index contributed by atoms with van der Waals surface area (Å²) in [5.41, 5.74) is 4.03. The summed E-state index contributed by atoms with van der Waals surface area (Å²) in [5, 5.41) is 34.1. The van der Waals surface area contributed by atoms with Crippen molar-refractivity contribution in [2.75, 3.05) is 58.6 Å². The second kappa shape index (κ2) is 18.6. The normalized spacial score (nSPS) is 19.2. The van der Waals surface area contributed by atoms with E-state index in [-0.39, 0.29) is 11.8 Å². The number of thioether (sulfide) groups is 1. The fraction of sp³-hybridized carbons (Fsp3) is 0.364. The summed E-state index contributed by atoms with van der Waals surface area (Å²) in [5.74, 6) is -4.89. The average Bonchev–Trinajstić information content (AvgIpc) is 3.65. The molecule has 3 aliphatic rings. The number of carbonyl (C=O) groups excluding carboxylic acids is 1. The largest absolute Gasteiger partial charge is 0.478 e. The van der Waals surface area contributed by atoms with E-state index in [4.69, 9.17) is 20.4 Å². The number of rotatable bonds is 10. The Labute approximate surface area is 281 Å². The van der Waals surface area contributed by atoms with E-state index in [1.807, 2.05) is 17.0 Å². The molecule has 0 radical (unpaired) electrons. The van der Waals surface area contributed by atoms with Gasteiger partial charge in [0.1, 0.15) is 5.82 Å². The van der Waals surface area contributed by atoms with Crippen LogP contribution in [0.4, 0.5) is 9.18 Å². The number of piperazine rings is 1. The van der Waals surface area contributed by atoms with Gasteiger partial charge in [-0.2, -0.15) is 0 Å². The average molecular weight is 687 g/mol. The van der Waals surface area contributed by atoms with Crippen LogP contribution in [0.25, 0.3) is 0 Å². The van der Waals surface area contributed by atoms with Gasteiger partial charge in [-0.15, -0.1) is 11.8 Å². The highest BCUT2D eigenvalue weighted by molar-refractivity contribution is 7.98. The van der Waals surface area contributed by atoms with Crippen LogP contribution in [0.1, 0.15) is 35.1 Å². The number of nitrogens with one attached hydrogen (secondary N) is 1. The molecule has 0 saturated carbocycles. The molecule has 2 aliphatic heterocycles. The van der Waals surface area contributed by atoms with Crippen LogP contribution in [-0.4, -0.2) is 124 Å². The first-order valence-corrected chi connectivity index (χ1v) is 16.3. The predicted molar refractivity (Wildman–Crippen MR) is 176 cm³/mol. The predicted octanol–water partition coefficient (Wildman–Crippen LogP) is 3.19. The Morgan fingerprint density at radius 3 is 1.85 bits per heavy atom. The summed E-state index contributed by atoms with van der Waals surface area (Å²) in [4.78, 5) is 58.3. The molecular weight excluding hydrogens is 647 g/mol. The molecule has 2 aromatic carbocycles. The minimum atomic E-state index is -1.26. The Hall–Kier alpha value is -4.73. The Morgan fingerprint density at radius 2 is 1.38 bits per heavy atom. The fourth-order valence-corrected chi connectivity index (χ4v) is 6.14. The lowest BCUT2D eigenvalue weighted by Crippen LogP contribution is -2.49. The number of carboxylic acids is 4. The van der Waals surface area contributed by atoms with E-state index in [0.717, 1.165) is 58.8 Å². The number of carboxylic acid groups (broad SMARTS) is 4. The SMILES string of the molecule is CSc1ccc2c(c1)[C@@H](c1ccc(F)cc1)C[C@@H]2N1CCN(CCN2CCNC2=O)CC1.O=C(O)/C=C\C(=O)O.O=C(O)/C=C\C(=O)O. The van der Waals surface area contributed by atoms with Gasteiger partial charge in [0.15, 0.2) is 0 Å². The maximum Gasteiger partial charge on any atom is 0.328 e. The molecule has 5 N–H and O–H groups in total. The maximum absolute atomic E-state index is 13.5. The first kappa shape index (κ1) is 37.7. The second-order valence-electron chi connectivity index (χ2n) is 11.0. The van der Waals surface area contributed by atoms with Crippen LogP contribution in [0.3, 0.4) is 0 Å². The van der Waals surface area contributed by atoms with Crippen molar-refractivity contribution in [1.29, 1.82) is 0 Å². The van der Waals surface area contributed by atoms with Crippen molar-refractivity contribution in [2.24, 2.45) is 0 Å². The highest BCUT2D eigenvalue weighted by atomic mass is 32.2. The molecule has 0 spiro atoms. The van der Waals surface area contributed by atoms with Crippen LogP contribution in [0.15, 0.2) is 71.7 Å². The van der Waals surface area contributed by atoms with Crippen LogP contribution in [0, 0.1) is 5.82 Å². The van der Waals surface area contributed by atoms with Crippen LogP contribution in [0.5, 0.6) is 0 Å². The quantitative estimate of drug-likeness (QED) is 0.182. The van der Waals surface area contributed by atoms with Crippen LogP contribution >= 0.6 is 11.8 Å². The van der Waals surface area contributed by atoms with Gasteiger partial charge in [0.25, 0.3) is 0 Å². The van der Waals surface area contributed by atoms with E-state index >= 15 is 0 Å². The van der Waals surface area contributed by atoms with E-state index in [0.29, 0.717) is 36.3 Å². The molecule has 2 fully saturated rings. The van der Waals surface area contributed by atoms with Gasteiger partial charge < -0.3 is 30.6 Å². The summed E-state index contributed by atoms with van der Waals surface area (Å²) in [6, 6.07) is 14.4. The van der Waals surface area contributed by atoms with Gasteiger partial charge in [-0.3, -0.25) is 9.80 Å². The molecule has 15 heteroatoms. The zero-order chi connectivity index (χ0) is 35.2. The highest BCUT2D eigenvalue weighted by Crippen LogP contribution is 2.48. The first-order chi connectivity index (χ1) is 22.9. The maximum atomic E-state index is 13.5. The minimum absolute atomic E-state index is 0.0719. The number of benzene rings is 2. The van der Waals surface area contributed by atoms with E-state index in [9.17, 15) is 28.4 Å². The lowest BCUT2D eigenvalue weighted by molar-refractivity contribution is -0.134. The van der Waals surface area contributed by atoms with Gasteiger partial charge in [0.05, 0.1) is 0 Å². The Morgan fingerprint density at radius 1 is 0.812 bits per heavy atom. The molecule has 2 atom stereocenters. The number of hydrogen-bond acceptors (Lipinski definition) is 8. The van der Waals surface area contributed by atoms with Crippen molar-refractivity contribution in [1.82, 2.24) is 20.0 Å². The molecule has 258 valence electrons. The molecule has 2 aromatic rings. The molecule has 5 rings (SSSR count). The third kappa shape index (κ3) is 11.8. The van der Waals surface area contributed by atoms with Crippen molar-refractivity contribution in [3.05, 3.63) is 89.3 Å². The van der Waals surface area contributed by atoms with Gasteiger partial charge in [-0.1, -0.05) is 18.2 Å². The molecule has 13 nitrogen and oxygen atoms in total. The number of hydrogen-bond donors (Lipinski definition) is 5. The molecule has 2 amide bonds. The topological polar surface area (TPSA) is 188 Å². The number of amides is 2. The third-order valence-corrected chi connectivity index (χ3v) is 8.70. The highest BCUT2D eigenvalue weighted by Gasteiger charge is 2.36. The zero-order valence-electron chi connectivity index (χ0n) is 26.3. The molecule has 2 heterocycles. The van der Waals surface area contributed by atoms with Crippen molar-refractivity contribution < 1.29 is 48.8 Å². The van der Waals surface area contributed by atoms with Crippen molar-refractivity contribution in [3.8, 4) is 0 Å². The summed E-state index contributed by atoms with van der Waals surface area (Å²) < 4.78 is 13.5. The zero-order valence-corrected chi connectivity index (χ0v) is 27.1. The summed E-state index contributed by atoms with van der Waals surface area (Å²) >= 11 is 1.77. The molecule has 2 saturated heterocycles. The smallest absolute Gasteiger partial charge is 0.328 e. The van der Waals surface area contributed by atoms with Gasteiger partial charge in [-0.05, 0) is 53.6 Å². The van der Waals surface area contributed by atoms with Gasteiger partial charge in [-0.25, -0.2) is 28.4 Å². The van der Waals surface area contributed by atoms with E-state index in [2.05, 4.69) is 39.6 Å². The summed E-state index contributed by atoms with van der Waals surface area (Å²) in [6.07, 6.45) is 5.40. The first-order valence-electron chi connectivity index (χ1n) is 15.1. The number of urea groups is 1. The standard InChI is InChI=1S/C25H31FN4OS.2C4H4O4/c1-32-20-6-7-21-23(16-20)22(18-2-4-19(26)5-3-18)17-24(21)29-13-10-28(11-14-29)12-15-30-9-8-27-25(30)31;2*5-3(6)1-2-4(7)8/h2-7,16,22,24H,8-15,17H2,1H3,(H,27,31);2*1-2H,(H,5,6)(H,7,8)/b;2*2-1-/t22-,24+;;/m1../s1. The lowest BCUT2D eigenvalue weighted by Gasteiger charge is -2.39. The van der Waals surface area contributed by atoms with Crippen LogP contribution in [0.2, 0.25) is 0 Å². The summed E-state index contributed by atoms with van der Waals surface area (Å²) in [6.45, 7) is 7.48. The van der Waals surface area contributed by atoms with Crippen LogP contribution in [-0.2, 0) is 19.2 Å². The van der Waals surface area contributed by atoms with Crippen LogP contribution < -0.4 is 5.32 Å². The monoisotopic (exact) mass is 686 g/mol. The third-order valence-electron chi connectivity index (χ3n) is 7.98. The molecular formula is C33H39FN4O9S. The minimum Gasteiger partial charge on any atom is -0.478 e. The van der Waals surface area contributed by atoms with Gasteiger partial charge in [0, 0.05) is 93.5 Å². The number of nitrogens with zero attached hydrogens (tertiary/aromatic N) is 3. The Kier molecular flexibility index (Phi) is 14.6. The number of aliphatic carboxylic acids is 4. The number of halogens is 1. The van der Waals surface area contributed by atoms with E-state index < -0.39 is 23.9 Å². The van der Waals surface area contributed by atoms with Crippen molar-refractivity contribution in [3.63, 3.8) is 0 Å².